The van der Waals surface area contributed by atoms with Crippen LogP contribution in [0.15, 0.2) is 66.7 Å². The van der Waals surface area contributed by atoms with E-state index in [9.17, 15) is 19.5 Å². The predicted molar refractivity (Wildman–Crippen MR) is 184 cm³/mol. The average Bonchev–Trinajstić information content (AvgIpc) is 3.75. The number of halogens is 1. The number of nitrogens with zero attached hydrogens (tertiary/aromatic N) is 3. The Kier molecular flexibility index (Phi) is 8.52. The summed E-state index contributed by atoms with van der Waals surface area (Å²) in [6.07, 6.45) is 0.641. The quantitative estimate of drug-likeness (QED) is 0.248. The number of hydrogen-bond donors (Lipinski definition) is 1. The highest BCUT2D eigenvalue weighted by Crippen LogP contribution is 2.61. The Morgan fingerprint density at radius 1 is 1.08 bits per heavy atom. The Labute approximate surface area is 286 Å². The van der Waals surface area contributed by atoms with Crippen LogP contribution in [0.3, 0.4) is 0 Å². The fourth-order valence-electron chi connectivity index (χ4n) is 8.47. The Bertz CT molecular complexity index is 1780. The summed E-state index contributed by atoms with van der Waals surface area (Å²) in [4.78, 5) is 46.3. The Morgan fingerprint density at radius 3 is 2.55 bits per heavy atom. The van der Waals surface area contributed by atoms with Crippen molar-refractivity contribution in [1.82, 2.24) is 4.90 Å². The van der Waals surface area contributed by atoms with Gasteiger partial charge in [-0.1, -0.05) is 31.2 Å². The molecule has 3 aromatic rings. The molecule has 3 amide bonds. The number of benzene rings is 3. The Morgan fingerprint density at radius 2 is 1.84 bits per heavy atom. The molecule has 4 aliphatic rings. The van der Waals surface area contributed by atoms with E-state index in [1.54, 1.807) is 47.0 Å². The Balaban J connectivity index is 1.21. The van der Waals surface area contributed by atoms with Gasteiger partial charge in [0.2, 0.25) is 14.3 Å². The van der Waals surface area contributed by atoms with E-state index in [-0.39, 0.29) is 49.9 Å². The van der Waals surface area contributed by atoms with Gasteiger partial charge in [0.25, 0.3) is 11.8 Å². The van der Waals surface area contributed by atoms with Gasteiger partial charge in [-0.15, -0.1) is 0 Å². The van der Waals surface area contributed by atoms with Crippen molar-refractivity contribution < 1.29 is 37.8 Å². The first-order chi connectivity index (χ1) is 23.5. The molecule has 0 radical (unpaired) electrons. The van der Waals surface area contributed by atoms with Crippen LogP contribution in [0, 0.1) is 5.92 Å². The standard InChI is InChI=1S/C37H42FN3O7Si/c1-23-35(49(3,4)38)32(19-33(43)39-17-7-8-26(39)21-42)48-37(23)28-18-27(46-2)15-16-29(28)40(36(37)45)20-24-11-13-25(14-12-24)41-30-9-5-6-10-31(30)47-22-34(41)44/h5-6,9-16,18,23,26,32,35,42H,7-8,17,19-22H2,1-4H3/t23-,26-,32+,35-,37+/m0/s1. The number of carbonyl (C=O) groups is 3. The van der Waals surface area contributed by atoms with Gasteiger partial charge in [-0.25, -0.2) is 0 Å². The van der Waals surface area contributed by atoms with Crippen LogP contribution in [0.5, 0.6) is 11.5 Å². The van der Waals surface area contributed by atoms with Crippen LogP contribution >= 0.6 is 0 Å². The highest BCUT2D eigenvalue weighted by molar-refractivity contribution is 6.72. The third-order valence-corrected chi connectivity index (χ3v) is 13.2. The van der Waals surface area contributed by atoms with Crippen molar-refractivity contribution in [3.8, 4) is 11.5 Å². The second kappa shape index (κ2) is 12.6. The number of para-hydroxylation sites is 2. The molecule has 1 spiro atoms. The predicted octanol–water partition coefficient (Wildman–Crippen LogP) is 5.45. The minimum atomic E-state index is -3.49. The molecule has 0 aliphatic carbocycles. The van der Waals surface area contributed by atoms with E-state index >= 15 is 4.11 Å². The van der Waals surface area contributed by atoms with E-state index < -0.39 is 31.6 Å². The topological polar surface area (TPSA) is 109 Å². The number of aliphatic hydroxyl groups excluding tert-OH is 1. The number of rotatable bonds is 8. The van der Waals surface area contributed by atoms with Gasteiger partial charge in [-0.3, -0.25) is 19.3 Å². The molecule has 2 fully saturated rings. The number of methoxy groups -OCH3 is 1. The lowest BCUT2D eigenvalue weighted by molar-refractivity contribution is -0.150. The summed E-state index contributed by atoms with van der Waals surface area (Å²) in [5.41, 5.74) is 1.26. The van der Waals surface area contributed by atoms with Crippen LogP contribution < -0.4 is 19.3 Å². The molecule has 5 atom stereocenters. The van der Waals surface area contributed by atoms with E-state index in [0.29, 0.717) is 40.7 Å². The zero-order valence-corrected chi connectivity index (χ0v) is 29.2. The second-order valence-electron chi connectivity index (χ2n) is 14.0. The molecule has 0 bridgehead atoms. The number of hydrogen-bond acceptors (Lipinski definition) is 7. The van der Waals surface area contributed by atoms with Gasteiger partial charge in [0.1, 0.15) is 11.5 Å². The first-order valence-corrected chi connectivity index (χ1v) is 19.8. The average molecular weight is 688 g/mol. The molecule has 0 aromatic heterocycles. The molecule has 4 heterocycles. The number of ether oxygens (including phenoxy) is 3. The van der Waals surface area contributed by atoms with Crippen molar-refractivity contribution in [2.45, 2.75) is 69.1 Å². The van der Waals surface area contributed by atoms with Crippen LogP contribution in [-0.4, -0.2) is 75.1 Å². The third-order valence-electron chi connectivity index (χ3n) is 10.7. The molecule has 12 heteroatoms. The molecular weight excluding hydrogens is 646 g/mol. The SMILES string of the molecule is COc1ccc2c(c1)[C@@]1(O[C@H](CC(=O)N3CCC[C@H]3CO)[C@@H]([Si](C)(C)F)[C@@H]1C)C(=O)N2Cc1ccc(N2C(=O)COc3ccccc32)cc1. The van der Waals surface area contributed by atoms with E-state index in [2.05, 4.69) is 0 Å². The monoisotopic (exact) mass is 687 g/mol. The van der Waals surface area contributed by atoms with Crippen LogP contribution in [0.1, 0.15) is 37.3 Å². The lowest BCUT2D eigenvalue weighted by Crippen LogP contribution is -2.45. The first-order valence-electron chi connectivity index (χ1n) is 16.9. The van der Waals surface area contributed by atoms with Gasteiger partial charge in [-0.05, 0) is 74.0 Å². The van der Waals surface area contributed by atoms with Gasteiger partial charge in [0.15, 0.2) is 12.2 Å². The van der Waals surface area contributed by atoms with Crippen molar-refractivity contribution in [2.75, 3.05) is 36.7 Å². The maximum absolute atomic E-state index is 16.3. The molecular formula is C37H42FN3O7Si. The molecule has 49 heavy (non-hydrogen) atoms. The van der Waals surface area contributed by atoms with Gasteiger partial charge in [0.05, 0.1) is 50.2 Å². The molecule has 3 aromatic carbocycles. The highest BCUT2D eigenvalue weighted by atomic mass is 28.4. The maximum atomic E-state index is 16.3. The van der Waals surface area contributed by atoms with Crippen molar-refractivity contribution >= 4 is 43.2 Å². The summed E-state index contributed by atoms with van der Waals surface area (Å²) in [6, 6.07) is 20.0. The maximum Gasteiger partial charge on any atom is 0.269 e. The van der Waals surface area contributed by atoms with Gasteiger partial charge >= 0.3 is 0 Å². The summed E-state index contributed by atoms with van der Waals surface area (Å²) in [5, 5.41) is 9.85. The van der Waals surface area contributed by atoms with Crippen LogP contribution in [-0.2, 0) is 31.3 Å². The minimum absolute atomic E-state index is 0.0618. The number of aliphatic hydroxyl groups is 1. The van der Waals surface area contributed by atoms with Crippen LogP contribution in [0.4, 0.5) is 21.2 Å². The van der Waals surface area contributed by atoms with Gasteiger partial charge in [-0.2, -0.15) is 0 Å². The minimum Gasteiger partial charge on any atom is -0.497 e. The molecule has 4 aliphatic heterocycles. The van der Waals surface area contributed by atoms with E-state index in [0.717, 1.165) is 18.4 Å². The van der Waals surface area contributed by atoms with Crippen LogP contribution in [0.25, 0.3) is 0 Å². The molecule has 0 unspecified atom stereocenters. The molecule has 258 valence electrons. The Hall–Kier alpha value is -4.26. The fourth-order valence-corrected chi connectivity index (χ4v) is 11.0. The van der Waals surface area contributed by atoms with E-state index in [4.69, 9.17) is 14.2 Å². The van der Waals surface area contributed by atoms with Crippen molar-refractivity contribution in [3.63, 3.8) is 0 Å². The highest BCUT2D eigenvalue weighted by Gasteiger charge is 2.67. The smallest absolute Gasteiger partial charge is 0.269 e. The first kappa shape index (κ1) is 33.2. The van der Waals surface area contributed by atoms with Gasteiger partial charge < -0.3 is 33.2 Å². The number of anilines is 3. The molecule has 0 saturated carbocycles. The van der Waals surface area contributed by atoms with E-state index in [1.165, 1.54) is 0 Å². The third kappa shape index (κ3) is 5.50. The lowest BCUT2D eigenvalue weighted by atomic mass is 9.82. The fraction of sp³-hybridized carbons (Fsp3) is 0.432. The number of amides is 3. The van der Waals surface area contributed by atoms with E-state index in [1.807, 2.05) is 61.5 Å². The zero-order valence-electron chi connectivity index (χ0n) is 28.2. The van der Waals surface area contributed by atoms with Crippen molar-refractivity contribution in [3.05, 3.63) is 77.9 Å². The lowest BCUT2D eigenvalue weighted by Gasteiger charge is -2.31. The summed E-state index contributed by atoms with van der Waals surface area (Å²) in [6.45, 7) is 5.66. The summed E-state index contributed by atoms with van der Waals surface area (Å²) in [5.74, 6) is -0.0810. The van der Waals surface area contributed by atoms with Crippen molar-refractivity contribution in [1.29, 1.82) is 0 Å². The van der Waals surface area contributed by atoms with Gasteiger partial charge in [0, 0.05) is 29.3 Å². The number of fused-ring (bicyclic) bond motifs is 3. The molecule has 1 N–H and O–H groups in total. The number of carbonyl (C=O) groups excluding carboxylic acids is 3. The van der Waals surface area contributed by atoms with Crippen LogP contribution in [0.2, 0.25) is 18.6 Å². The summed E-state index contributed by atoms with van der Waals surface area (Å²) < 4.78 is 34.3. The van der Waals surface area contributed by atoms with Crippen molar-refractivity contribution in [2.24, 2.45) is 5.92 Å². The summed E-state index contributed by atoms with van der Waals surface area (Å²) >= 11 is 0. The molecule has 7 rings (SSSR count). The zero-order chi connectivity index (χ0) is 34.7. The summed E-state index contributed by atoms with van der Waals surface area (Å²) in [7, 11) is -1.93. The molecule has 2 saturated heterocycles. The largest absolute Gasteiger partial charge is 0.497 e. The second-order valence-corrected chi connectivity index (χ2v) is 17.8. The normalized spacial score (nSPS) is 26.3. The number of likely N-dealkylation sites (tertiary alicyclic amines) is 1. The molecule has 10 nitrogen and oxygen atoms in total.